The molecule has 0 aliphatic heterocycles. The molecule has 0 radical (unpaired) electrons. The van der Waals surface area contributed by atoms with E-state index in [2.05, 4.69) is 9.97 Å². The first kappa shape index (κ1) is 12.2. The third-order valence-electron chi connectivity index (χ3n) is 2.71. The summed E-state index contributed by atoms with van der Waals surface area (Å²) in [5.74, 6) is 1.38. The maximum absolute atomic E-state index is 11.3. The summed E-state index contributed by atoms with van der Waals surface area (Å²) in [6, 6.07) is 7.49. The molecule has 4 heteroatoms. The van der Waals surface area contributed by atoms with Gasteiger partial charge in [-0.05, 0) is 38.1 Å². The summed E-state index contributed by atoms with van der Waals surface area (Å²) in [5.41, 5.74) is 2.16. The van der Waals surface area contributed by atoms with E-state index in [1.165, 1.54) is 6.92 Å². The summed E-state index contributed by atoms with van der Waals surface area (Å²) in [4.78, 5) is 19.9. The molecular weight excluding hydrogens is 228 g/mol. The van der Waals surface area contributed by atoms with Crippen LogP contribution >= 0.6 is 0 Å². The van der Waals surface area contributed by atoms with Crippen LogP contribution in [0.5, 0.6) is 5.75 Å². The Labute approximate surface area is 106 Å². The first-order valence-electron chi connectivity index (χ1n) is 5.61. The first-order chi connectivity index (χ1) is 8.61. The summed E-state index contributed by atoms with van der Waals surface area (Å²) in [6.45, 7) is 3.32. The fourth-order valence-corrected chi connectivity index (χ4v) is 1.69. The highest BCUT2D eigenvalue weighted by atomic mass is 16.5. The van der Waals surface area contributed by atoms with Gasteiger partial charge in [0.1, 0.15) is 5.75 Å². The molecule has 1 aromatic carbocycles. The Kier molecular flexibility index (Phi) is 3.37. The molecule has 2 aromatic rings. The smallest absolute Gasteiger partial charge is 0.163 e. The summed E-state index contributed by atoms with van der Waals surface area (Å²) in [6.07, 6.45) is 1.57. The van der Waals surface area contributed by atoms with Gasteiger partial charge in [-0.25, -0.2) is 9.97 Å². The predicted octanol–water partition coefficient (Wildman–Crippen LogP) is 2.66. The average molecular weight is 242 g/mol. The lowest BCUT2D eigenvalue weighted by Crippen LogP contribution is -2.02. The minimum absolute atomic E-state index is 0.0196. The van der Waals surface area contributed by atoms with E-state index < -0.39 is 0 Å². The van der Waals surface area contributed by atoms with Gasteiger partial charge < -0.3 is 4.74 Å². The van der Waals surface area contributed by atoms with Crippen molar-refractivity contribution in [3.8, 4) is 17.1 Å². The number of aromatic nitrogens is 2. The van der Waals surface area contributed by atoms with Gasteiger partial charge in [0.15, 0.2) is 11.6 Å². The van der Waals surface area contributed by atoms with Crippen LogP contribution in [0.2, 0.25) is 0 Å². The number of ether oxygens (including phenoxy) is 1. The Morgan fingerprint density at radius 2 is 1.89 bits per heavy atom. The number of rotatable bonds is 3. The van der Waals surface area contributed by atoms with Crippen LogP contribution in [0, 0.1) is 6.92 Å². The Bertz CT molecular complexity index is 577. The molecular formula is C14H14N2O2. The summed E-state index contributed by atoms with van der Waals surface area (Å²) < 4.78 is 5.09. The zero-order chi connectivity index (χ0) is 13.1. The Balaban J connectivity index is 2.39. The minimum Gasteiger partial charge on any atom is -0.497 e. The maximum Gasteiger partial charge on any atom is 0.163 e. The molecule has 1 aromatic heterocycles. The van der Waals surface area contributed by atoms with Crippen molar-refractivity contribution in [2.45, 2.75) is 13.8 Å². The molecule has 0 N–H and O–H groups in total. The van der Waals surface area contributed by atoms with Crippen LogP contribution in [-0.2, 0) is 0 Å². The second-order valence-corrected chi connectivity index (χ2v) is 3.98. The molecule has 0 aliphatic rings. The monoisotopic (exact) mass is 242 g/mol. The molecule has 0 saturated heterocycles. The SMILES string of the molecule is COc1ccc(-c2ncc(C(C)=O)c(C)n2)cc1. The third kappa shape index (κ3) is 2.37. The number of carbonyl (C=O) groups excluding carboxylic acids is 1. The van der Waals surface area contributed by atoms with E-state index in [0.717, 1.165) is 11.3 Å². The van der Waals surface area contributed by atoms with Crippen molar-refractivity contribution in [2.75, 3.05) is 7.11 Å². The van der Waals surface area contributed by atoms with Crippen LogP contribution in [0.3, 0.4) is 0 Å². The van der Waals surface area contributed by atoms with Crippen molar-refractivity contribution in [3.05, 3.63) is 41.7 Å². The van der Waals surface area contributed by atoms with Gasteiger partial charge in [0.25, 0.3) is 0 Å². The highest BCUT2D eigenvalue weighted by Crippen LogP contribution is 2.19. The zero-order valence-electron chi connectivity index (χ0n) is 10.6. The van der Waals surface area contributed by atoms with E-state index >= 15 is 0 Å². The fraction of sp³-hybridized carbons (Fsp3) is 0.214. The third-order valence-corrected chi connectivity index (χ3v) is 2.71. The van der Waals surface area contributed by atoms with Gasteiger partial charge in [0, 0.05) is 11.8 Å². The predicted molar refractivity (Wildman–Crippen MR) is 68.8 cm³/mol. The van der Waals surface area contributed by atoms with Crippen LogP contribution < -0.4 is 4.74 Å². The number of hydrogen-bond donors (Lipinski definition) is 0. The van der Waals surface area contributed by atoms with Crippen molar-refractivity contribution in [1.82, 2.24) is 9.97 Å². The first-order valence-corrected chi connectivity index (χ1v) is 5.61. The van der Waals surface area contributed by atoms with E-state index in [9.17, 15) is 4.79 Å². The molecule has 2 rings (SSSR count). The molecule has 0 amide bonds. The number of Topliss-reactive ketones (excluding diaryl/α,β-unsaturated/α-hetero) is 1. The normalized spacial score (nSPS) is 10.2. The molecule has 18 heavy (non-hydrogen) atoms. The highest BCUT2D eigenvalue weighted by molar-refractivity contribution is 5.94. The number of aryl methyl sites for hydroxylation is 1. The number of benzene rings is 1. The van der Waals surface area contributed by atoms with Crippen LogP contribution in [-0.4, -0.2) is 22.9 Å². The van der Waals surface area contributed by atoms with Gasteiger partial charge in [-0.1, -0.05) is 0 Å². The topological polar surface area (TPSA) is 52.1 Å². The van der Waals surface area contributed by atoms with Crippen molar-refractivity contribution < 1.29 is 9.53 Å². The van der Waals surface area contributed by atoms with E-state index in [-0.39, 0.29) is 5.78 Å². The molecule has 4 nitrogen and oxygen atoms in total. The molecule has 92 valence electrons. The van der Waals surface area contributed by atoms with Crippen LogP contribution in [0.15, 0.2) is 30.5 Å². The maximum atomic E-state index is 11.3. The van der Waals surface area contributed by atoms with Crippen molar-refractivity contribution >= 4 is 5.78 Å². The van der Waals surface area contributed by atoms with Gasteiger partial charge >= 0.3 is 0 Å². The lowest BCUT2D eigenvalue weighted by Gasteiger charge is -2.05. The fourth-order valence-electron chi connectivity index (χ4n) is 1.69. The largest absolute Gasteiger partial charge is 0.497 e. The molecule has 0 fully saturated rings. The molecule has 1 heterocycles. The minimum atomic E-state index is -0.0196. The summed E-state index contributed by atoms with van der Waals surface area (Å²) >= 11 is 0. The second kappa shape index (κ2) is 4.96. The van der Waals surface area contributed by atoms with Crippen molar-refractivity contribution in [2.24, 2.45) is 0 Å². The lowest BCUT2D eigenvalue weighted by atomic mass is 10.1. The van der Waals surface area contributed by atoms with Crippen LogP contribution in [0.25, 0.3) is 11.4 Å². The van der Waals surface area contributed by atoms with Crippen molar-refractivity contribution in [1.29, 1.82) is 0 Å². The molecule has 0 saturated carbocycles. The molecule has 0 unspecified atom stereocenters. The number of ketones is 1. The van der Waals surface area contributed by atoms with Crippen LogP contribution in [0.1, 0.15) is 23.0 Å². The van der Waals surface area contributed by atoms with E-state index in [0.29, 0.717) is 17.1 Å². The van der Waals surface area contributed by atoms with Gasteiger partial charge in [0.2, 0.25) is 0 Å². The second-order valence-electron chi connectivity index (χ2n) is 3.98. The molecule has 0 bridgehead atoms. The standard InChI is InChI=1S/C14H14N2O2/c1-9-13(10(2)17)8-15-14(16-9)11-4-6-12(18-3)7-5-11/h4-8H,1-3H3. The van der Waals surface area contributed by atoms with Gasteiger partial charge in [-0.2, -0.15) is 0 Å². The summed E-state index contributed by atoms with van der Waals surface area (Å²) in [7, 11) is 1.62. The van der Waals surface area contributed by atoms with E-state index in [1.807, 2.05) is 31.2 Å². The number of carbonyl (C=O) groups is 1. The molecule has 0 atom stereocenters. The molecule has 0 aliphatic carbocycles. The average Bonchev–Trinajstić information content (AvgIpc) is 2.38. The zero-order valence-corrected chi connectivity index (χ0v) is 10.6. The van der Waals surface area contributed by atoms with Gasteiger partial charge in [-0.3, -0.25) is 4.79 Å². The Morgan fingerprint density at radius 3 is 2.39 bits per heavy atom. The van der Waals surface area contributed by atoms with E-state index in [4.69, 9.17) is 4.74 Å². The highest BCUT2D eigenvalue weighted by Gasteiger charge is 2.08. The number of nitrogens with zero attached hydrogens (tertiary/aromatic N) is 2. The number of hydrogen-bond acceptors (Lipinski definition) is 4. The molecule has 0 spiro atoms. The quantitative estimate of drug-likeness (QED) is 0.776. The number of methoxy groups -OCH3 is 1. The van der Waals surface area contributed by atoms with Gasteiger partial charge in [0.05, 0.1) is 18.4 Å². The Hall–Kier alpha value is -2.23. The van der Waals surface area contributed by atoms with Gasteiger partial charge in [-0.15, -0.1) is 0 Å². The van der Waals surface area contributed by atoms with Crippen LogP contribution in [0.4, 0.5) is 0 Å². The Morgan fingerprint density at radius 1 is 1.22 bits per heavy atom. The summed E-state index contributed by atoms with van der Waals surface area (Å²) in [5, 5.41) is 0. The lowest BCUT2D eigenvalue weighted by molar-refractivity contribution is 0.101. The van der Waals surface area contributed by atoms with Crippen molar-refractivity contribution in [3.63, 3.8) is 0 Å². The van der Waals surface area contributed by atoms with E-state index in [1.54, 1.807) is 13.3 Å².